The van der Waals surface area contributed by atoms with Gasteiger partial charge >= 0.3 is 7.12 Å². The third-order valence-corrected chi connectivity index (χ3v) is 3.47. The minimum Gasteiger partial charge on any atom is -0.404 e. The Morgan fingerprint density at radius 2 is 1.96 bits per heavy atom. The number of aromatic nitrogens is 1. The predicted molar refractivity (Wildman–Crippen MR) is 90.5 cm³/mol. The first kappa shape index (κ1) is 17.3. The fourth-order valence-electron chi connectivity index (χ4n) is 2.17. The highest BCUT2D eigenvalue weighted by molar-refractivity contribution is 6.83. The first-order valence-electron chi connectivity index (χ1n) is 7.79. The van der Waals surface area contributed by atoms with Gasteiger partial charge in [-0.05, 0) is 18.6 Å². The highest BCUT2D eigenvalue weighted by atomic mass is 16.7. The second-order valence-corrected chi connectivity index (χ2v) is 5.21. The van der Waals surface area contributed by atoms with Crippen LogP contribution in [0, 0.1) is 0 Å². The SMILES string of the molecule is CCCCCOB(ON)C(=O)c1ccc(-c2ccccc2)nc1. The Morgan fingerprint density at radius 1 is 1.17 bits per heavy atom. The lowest BCUT2D eigenvalue weighted by atomic mass is 9.79. The Hall–Kier alpha value is -2.02. The van der Waals surface area contributed by atoms with Crippen LogP contribution in [0.3, 0.4) is 0 Å². The summed E-state index contributed by atoms with van der Waals surface area (Å²) in [6.07, 6.45) is 4.51. The summed E-state index contributed by atoms with van der Waals surface area (Å²) in [5, 5.41) is 0. The molecule has 2 aromatic rings. The number of hydrogen-bond donors (Lipinski definition) is 1. The minimum absolute atomic E-state index is 0.323. The van der Waals surface area contributed by atoms with Gasteiger partial charge in [-0.1, -0.05) is 50.1 Å². The molecule has 23 heavy (non-hydrogen) atoms. The van der Waals surface area contributed by atoms with E-state index in [2.05, 4.69) is 16.7 Å². The minimum atomic E-state index is -1.09. The van der Waals surface area contributed by atoms with E-state index in [1.54, 1.807) is 12.1 Å². The number of rotatable bonds is 9. The van der Waals surface area contributed by atoms with Crippen molar-refractivity contribution in [2.45, 2.75) is 26.2 Å². The number of pyridine rings is 1. The molecule has 1 aromatic heterocycles. The molecular formula is C17H21BN2O3. The molecule has 1 heterocycles. The quantitative estimate of drug-likeness (QED) is 0.437. The number of carbonyl (C=O) groups excluding carboxylic acids is 1. The molecule has 0 radical (unpaired) electrons. The van der Waals surface area contributed by atoms with Crippen molar-refractivity contribution >= 4 is 12.8 Å². The summed E-state index contributed by atoms with van der Waals surface area (Å²) < 4.78 is 10.1. The molecule has 0 spiro atoms. The molecule has 1 aromatic carbocycles. The highest BCUT2D eigenvalue weighted by Crippen LogP contribution is 2.16. The molecule has 0 atom stereocenters. The molecule has 0 saturated carbocycles. The predicted octanol–water partition coefficient (Wildman–Crippen LogP) is 3.06. The summed E-state index contributed by atoms with van der Waals surface area (Å²) in [5.41, 5.74) is 1.89. The van der Waals surface area contributed by atoms with Crippen LogP contribution in [0.1, 0.15) is 36.5 Å². The number of unbranched alkanes of at least 4 members (excludes halogenated alkanes) is 2. The Balaban J connectivity index is 2.01. The van der Waals surface area contributed by atoms with Gasteiger partial charge in [-0.3, -0.25) is 9.78 Å². The molecule has 2 rings (SSSR count). The Labute approximate surface area is 136 Å². The first-order valence-corrected chi connectivity index (χ1v) is 7.79. The number of nitrogens with two attached hydrogens (primary N) is 1. The van der Waals surface area contributed by atoms with E-state index in [1.807, 2.05) is 30.3 Å². The summed E-state index contributed by atoms with van der Waals surface area (Å²) in [6, 6.07) is 13.3. The van der Waals surface area contributed by atoms with Crippen LogP contribution in [-0.4, -0.2) is 24.4 Å². The van der Waals surface area contributed by atoms with Crippen LogP contribution in [0.15, 0.2) is 48.7 Å². The Kier molecular flexibility index (Phi) is 6.93. The van der Waals surface area contributed by atoms with Gasteiger partial charge in [0, 0.05) is 23.9 Å². The van der Waals surface area contributed by atoms with E-state index in [0.717, 1.165) is 30.5 Å². The van der Waals surface area contributed by atoms with Crippen molar-refractivity contribution in [3.8, 4) is 11.3 Å². The smallest absolute Gasteiger partial charge is 0.404 e. The lowest BCUT2D eigenvalue weighted by Crippen LogP contribution is -2.36. The molecular weight excluding hydrogens is 291 g/mol. The van der Waals surface area contributed by atoms with Crippen molar-refractivity contribution in [3.63, 3.8) is 0 Å². The number of nitrogens with zero attached hydrogens (tertiary/aromatic N) is 1. The van der Waals surface area contributed by atoms with Gasteiger partial charge in [0.2, 0.25) is 0 Å². The van der Waals surface area contributed by atoms with Gasteiger partial charge in [0.05, 0.1) is 5.69 Å². The highest BCUT2D eigenvalue weighted by Gasteiger charge is 2.29. The van der Waals surface area contributed by atoms with Gasteiger partial charge in [0.15, 0.2) is 5.68 Å². The maximum atomic E-state index is 12.3. The molecule has 2 N–H and O–H groups in total. The molecule has 0 fully saturated rings. The van der Waals surface area contributed by atoms with Gasteiger partial charge in [-0.2, -0.15) is 0 Å². The van der Waals surface area contributed by atoms with Crippen molar-refractivity contribution < 1.29 is 14.2 Å². The van der Waals surface area contributed by atoms with E-state index >= 15 is 0 Å². The molecule has 0 amide bonds. The van der Waals surface area contributed by atoms with Crippen molar-refractivity contribution in [1.82, 2.24) is 4.98 Å². The van der Waals surface area contributed by atoms with Crippen LogP contribution in [-0.2, 0) is 9.41 Å². The zero-order valence-corrected chi connectivity index (χ0v) is 13.3. The fourth-order valence-corrected chi connectivity index (χ4v) is 2.17. The lowest BCUT2D eigenvalue weighted by molar-refractivity contribution is 0.0972. The average Bonchev–Trinajstić information content (AvgIpc) is 2.62. The van der Waals surface area contributed by atoms with Gasteiger partial charge in [-0.25, -0.2) is 5.90 Å². The molecule has 0 aliphatic carbocycles. The van der Waals surface area contributed by atoms with Gasteiger partial charge in [0.1, 0.15) is 0 Å². The fraction of sp³-hybridized carbons (Fsp3) is 0.294. The monoisotopic (exact) mass is 312 g/mol. The van der Waals surface area contributed by atoms with E-state index in [9.17, 15) is 4.79 Å². The summed E-state index contributed by atoms with van der Waals surface area (Å²) in [7, 11) is -1.09. The van der Waals surface area contributed by atoms with Gasteiger partial charge in [-0.15, -0.1) is 0 Å². The van der Waals surface area contributed by atoms with Crippen molar-refractivity contribution in [1.29, 1.82) is 0 Å². The van der Waals surface area contributed by atoms with Crippen LogP contribution < -0.4 is 5.90 Å². The van der Waals surface area contributed by atoms with Gasteiger partial charge in [0.25, 0.3) is 0 Å². The van der Waals surface area contributed by atoms with Crippen LogP contribution in [0.25, 0.3) is 11.3 Å². The van der Waals surface area contributed by atoms with E-state index in [4.69, 9.17) is 10.6 Å². The molecule has 0 aliphatic rings. The van der Waals surface area contributed by atoms with E-state index in [0.29, 0.717) is 12.2 Å². The first-order chi connectivity index (χ1) is 11.3. The largest absolute Gasteiger partial charge is 0.554 e. The third kappa shape index (κ3) is 4.99. The van der Waals surface area contributed by atoms with Crippen molar-refractivity contribution in [3.05, 3.63) is 54.2 Å². The number of benzene rings is 1. The van der Waals surface area contributed by atoms with Crippen LogP contribution in [0.5, 0.6) is 0 Å². The second kappa shape index (κ2) is 9.20. The topological polar surface area (TPSA) is 74.4 Å². The Bertz CT molecular complexity index is 605. The summed E-state index contributed by atoms with van der Waals surface area (Å²) >= 11 is 0. The standard InChI is InChI=1S/C17H21BN2O3/c1-2-3-7-12-22-18(23-19)17(21)15-10-11-16(20-13-15)14-8-5-4-6-9-14/h4-6,8-11,13H,2-3,7,12,19H2,1H3. The zero-order valence-electron chi connectivity index (χ0n) is 13.3. The summed E-state index contributed by atoms with van der Waals surface area (Å²) in [5.74, 6) is 5.18. The zero-order chi connectivity index (χ0) is 16.5. The maximum absolute atomic E-state index is 12.3. The third-order valence-electron chi connectivity index (χ3n) is 3.47. The number of carbonyl (C=O) groups is 1. The van der Waals surface area contributed by atoms with Crippen LogP contribution in [0.2, 0.25) is 0 Å². The van der Waals surface area contributed by atoms with E-state index < -0.39 is 7.12 Å². The summed E-state index contributed by atoms with van der Waals surface area (Å²) in [4.78, 5) is 16.6. The van der Waals surface area contributed by atoms with Crippen molar-refractivity contribution in [2.75, 3.05) is 6.61 Å². The Morgan fingerprint density at radius 3 is 2.57 bits per heavy atom. The average molecular weight is 312 g/mol. The van der Waals surface area contributed by atoms with Crippen molar-refractivity contribution in [2.24, 2.45) is 5.90 Å². The maximum Gasteiger partial charge on any atom is 0.554 e. The lowest BCUT2D eigenvalue weighted by Gasteiger charge is -2.10. The van der Waals surface area contributed by atoms with Gasteiger partial charge < -0.3 is 9.41 Å². The number of hydrogen-bond acceptors (Lipinski definition) is 5. The van der Waals surface area contributed by atoms with Crippen LogP contribution >= 0.6 is 0 Å². The molecule has 0 saturated heterocycles. The molecule has 5 nitrogen and oxygen atoms in total. The molecule has 0 unspecified atom stereocenters. The van der Waals surface area contributed by atoms with Crippen LogP contribution in [0.4, 0.5) is 0 Å². The normalized spacial score (nSPS) is 10.5. The van der Waals surface area contributed by atoms with E-state index in [1.165, 1.54) is 6.20 Å². The van der Waals surface area contributed by atoms with E-state index in [-0.39, 0.29) is 5.68 Å². The molecule has 120 valence electrons. The molecule has 6 heteroatoms. The molecule has 0 aliphatic heterocycles. The summed E-state index contributed by atoms with van der Waals surface area (Å²) in [6.45, 7) is 2.54. The second-order valence-electron chi connectivity index (χ2n) is 5.21. The molecule has 0 bridgehead atoms.